The average molecular weight is 1100 g/mol. The third-order valence-corrected chi connectivity index (χ3v) is 15.5. The molecule has 0 amide bonds. The normalized spacial score (nSPS) is 12.2. The molecular formula is C55H43F4GeIrN3O-2. The van der Waals surface area contributed by atoms with Crippen LogP contribution in [0.1, 0.15) is 32.2 Å². The van der Waals surface area contributed by atoms with Crippen LogP contribution in [0.5, 0.6) is 0 Å². The van der Waals surface area contributed by atoms with E-state index in [4.69, 9.17) is 10.8 Å². The van der Waals surface area contributed by atoms with E-state index in [1.165, 1.54) is 16.5 Å². The summed E-state index contributed by atoms with van der Waals surface area (Å²) >= 11 is -2.03. The molecule has 3 aromatic heterocycles. The molecule has 0 fully saturated rings. The number of rotatable bonds is 7. The van der Waals surface area contributed by atoms with E-state index in [2.05, 4.69) is 40.5 Å². The van der Waals surface area contributed by atoms with Crippen molar-refractivity contribution in [1.82, 2.24) is 14.5 Å². The number of pyridine rings is 1. The molecule has 0 aliphatic carbocycles. The van der Waals surface area contributed by atoms with Crippen molar-refractivity contribution in [3.63, 3.8) is 0 Å². The second-order valence-electron chi connectivity index (χ2n) is 16.9. The Bertz CT molecular complexity index is 3340. The number of fused-ring (bicyclic) bond motifs is 4. The van der Waals surface area contributed by atoms with Crippen LogP contribution in [0, 0.1) is 17.9 Å². The summed E-state index contributed by atoms with van der Waals surface area (Å²) in [5, 5.41) is 0.796. The van der Waals surface area contributed by atoms with Crippen molar-refractivity contribution in [3.05, 3.63) is 193 Å². The smallest absolute Gasteiger partial charge is 0 e. The first kappa shape index (κ1) is 44.1. The first-order valence-corrected chi connectivity index (χ1v) is 28.3. The van der Waals surface area contributed by atoms with E-state index in [1.54, 1.807) is 28.8 Å². The number of nitrogens with zero attached hydrogens (tertiary/aromatic N) is 3. The molecule has 10 heteroatoms. The minimum atomic E-state index is -4.51. The van der Waals surface area contributed by atoms with Crippen LogP contribution in [0.2, 0.25) is 17.3 Å². The van der Waals surface area contributed by atoms with Gasteiger partial charge in [0.05, 0.1) is 28.0 Å². The minimum absolute atomic E-state index is 0. The molecule has 0 unspecified atom stereocenters. The molecule has 0 N–H and O–H groups in total. The molecule has 327 valence electrons. The van der Waals surface area contributed by atoms with Crippen molar-refractivity contribution in [2.75, 3.05) is 0 Å². The summed E-state index contributed by atoms with van der Waals surface area (Å²) in [6.45, 7) is 3.91. The Morgan fingerprint density at radius 2 is 1.45 bits per heavy atom. The fraction of sp³-hybridized carbons (Fsp3) is 0.127. The maximum Gasteiger partial charge on any atom is 0 e. The van der Waals surface area contributed by atoms with Gasteiger partial charge in [-0.2, -0.15) is 13.2 Å². The van der Waals surface area contributed by atoms with E-state index in [0.29, 0.717) is 44.5 Å². The van der Waals surface area contributed by atoms with Gasteiger partial charge in [-0.25, -0.2) is 4.39 Å². The Labute approximate surface area is 393 Å². The summed E-state index contributed by atoms with van der Waals surface area (Å²) in [5.74, 6) is 6.32. The Morgan fingerprint density at radius 1 is 0.723 bits per heavy atom. The molecule has 1 radical (unpaired) electrons. The second kappa shape index (κ2) is 18.4. The Kier molecular flexibility index (Phi) is 12.5. The van der Waals surface area contributed by atoms with E-state index in [9.17, 15) is 13.2 Å². The summed E-state index contributed by atoms with van der Waals surface area (Å²) in [7, 11) is 0. The molecule has 4 nitrogen and oxygen atoms in total. The molecule has 7 aromatic carbocycles. The third kappa shape index (κ3) is 9.10. The van der Waals surface area contributed by atoms with Crippen molar-refractivity contribution >= 4 is 50.6 Å². The molecule has 0 aliphatic rings. The number of hydrogen-bond acceptors (Lipinski definition) is 3. The molecule has 65 heavy (non-hydrogen) atoms. The zero-order valence-corrected chi connectivity index (χ0v) is 40.7. The van der Waals surface area contributed by atoms with Crippen molar-refractivity contribution in [3.8, 4) is 50.6 Å². The molecule has 0 bridgehead atoms. The van der Waals surface area contributed by atoms with Crippen molar-refractivity contribution in [1.29, 1.82) is 0 Å². The maximum absolute atomic E-state index is 15.9. The van der Waals surface area contributed by atoms with Gasteiger partial charge in [0.1, 0.15) is 11.4 Å². The van der Waals surface area contributed by atoms with Crippen LogP contribution < -0.4 is 4.40 Å². The topological polar surface area (TPSA) is 43.9 Å². The van der Waals surface area contributed by atoms with E-state index in [0.717, 1.165) is 51.2 Å². The Morgan fingerprint density at radius 3 is 2.12 bits per heavy atom. The van der Waals surface area contributed by atoms with Gasteiger partial charge in [0.25, 0.3) is 0 Å². The second-order valence-corrected chi connectivity index (χ2v) is 27.5. The van der Waals surface area contributed by atoms with Gasteiger partial charge >= 0.3 is 127 Å². The molecule has 0 saturated heterocycles. The first-order valence-electron chi connectivity index (χ1n) is 21.4. The first-order chi connectivity index (χ1) is 31.1. The number of hydrogen-bond donors (Lipinski definition) is 0. The van der Waals surface area contributed by atoms with Gasteiger partial charge in [0.2, 0.25) is 0 Å². The standard InChI is InChI=1S/C38H21F4N2O.C17H22GeN.Ir/c39-31-15-8-16-32-35(31)44(33-21-25(23-9-3-1-4-10-23)17-19-27(33)24-11-5-2-6-12-24)37(43-32)29-14-7-13-28-30-22-26(38(40,41)42)18-20-34(30)45-36(28)29;1-13(2)15-11-17(14-9-7-6-8-10-14)19-12-16(15)18(3,4)5;/h1-13,15-22H;6-9,11-13H,1-5H3;/q2*-1;/i;13D;. The molecule has 3 heterocycles. The van der Waals surface area contributed by atoms with Crippen molar-refractivity contribution in [2.45, 2.75) is 43.2 Å². The summed E-state index contributed by atoms with van der Waals surface area (Å²) in [6, 6.07) is 53.5. The van der Waals surface area contributed by atoms with Gasteiger partial charge < -0.3 is 8.98 Å². The van der Waals surface area contributed by atoms with E-state index < -0.39 is 36.7 Å². The minimum Gasteiger partial charge on any atom is 0 e. The number of halogens is 4. The number of furan rings is 1. The van der Waals surface area contributed by atoms with E-state index >= 15 is 4.39 Å². The van der Waals surface area contributed by atoms with Crippen LogP contribution >= 0.6 is 0 Å². The maximum atomic E-state index is 15.9. The predicted octanol–water partition coefficient (Wildman–Crippen LogP) is 15.1. The van der Waals surface area contributed by atoms with Gasteiger partial charge in [0, 0.05) is 36.7 Å². The summed E-state index contributed by atoms with van der Waals surface area (Å²) in [4.78, 5) is 9.51. The number of aromatic nitrogens is 3. The summed E-state index contributed by atoms with van der Waals surface area (Å²) < 4.78 is 74.4. The van der Waals surface area contributed by atoms with Gasteiger partial charge in [-0.1, -0.05) is 89.8 Å². The third-order valence-electron chi connectivity index (χ3n) is 11.3. The van der Waals surface area contributed by atoms with Crippen LogP contribution in [-0.4, -0.2) is 27.8 Å². The number of benzene rings is 7. The average Bonchev–Trinajstić information content (AvgIpc) is 3.88. The van der Waals surface area contributed by atoms with Crippen LogP contribution in [0.15, 0.2) is 168 Å². The number of para-hydroxylation sites is 1. The van der Waals surface area contributed by atoms with Gasteiger partial charge in [0.15, 0.2) is 0 Å². The van der Waals surface area contributed by atoms with E-state index in [-0.39, 0.29) is 25.6 Å². The van der Waals surface area contributed by atoms with Crippen molar-refractivity contribution < 1.29 is 43.5 Å². The van der Waals surface area contributed by atoms with Crippen molar-refractivity contribution in [2.24, 2.45) is 0 Å². The quantitative estimate of drug-likeness (QED) is 0.0907. The zero-order chi connectivity index (χ0) is 45.7. The molecule has 10 rings (SSSR count). The van der Waals surface area contributed by atoms with Crippen LogP contribution in [0.25, 0.3) is 83.6 Å². The Hall–Kier alpha value is -6.13. The van der Waals surface area contributed by atoms with E-state index in [1.807, 2.05) is 123 Å². The summed E-state index contributed by atoms with van der Waals surface area (Å²) in [6.07, 6.45) is -2.51. The molecule has 0 atom stereocenters. The molecule has 10 aromatic rings. The molecular weight excluding hydrogens is 1060 g/mol. The van der Waals surface area contributed by atoms with Crippen LogP contribution in [-0.2, 0) is 26.3 Å². The summed E-state index contributed by atoms with van der Waals surface area (Å²) in [5.41, 5.74) is 8.26. The number of alkyl halides is 3. The van der Waals surface area contributed by atoms with Gasteiger partial charge in [-0.05, 0) is 53.1 Å². The monoisotopic (exact) mass is 1110 g/mol. The molecule has 0 saturated carbocycles. The van der Waals surface area contributed by atoms with Gasteiger partial charge in [-0.3, -0.25) is 4.98 Å². The van der Waals surface area contributed by atoms with Crippen LogP contribution in [0.3, 0.4) is 0 Å². The SMILES string of the molecule is Fc1cccc2nc(-c3[c-]ccc4c3oc3ccc(C(F)(F)F)cc34)n(-c3cc(-c4ccccc4)ccc3-c3ccccc3)c12.[2H]C(C)(C)c1cc(-c2[c-]cccc2)nc[c]1[Ge]([CH3])([CH3])[CH3].[Ir]. The van der Waals surface area contributed by atoms with Crippen LogP contribution in [0.4, 0.5) is 17.6 Å². The fourth-order valence-electron chi connectivity index (χ4n) is 8.13. The molecule has 0 spiro atoms. The predicted molar refractivity (Wildman–Crippen MR) is 254 cm³/mol. The molecule has 0 aliphatic heterocycles. The Balaban J connectivity index is 0.000000238. The largest absolute Gasteiger partial charge is 0 e. The zero-order valence-electron chi connectivity index (χ0n) is 37.2. The number of imidazole rings is 1. The van der Waals surface area contributed by atoms with Gasteiger partial charge in [-0.15, -0.1) is 18.2 Å². The fourth-order valence-corrected chi connectivity index (χ4v) is 11.4.